The van der Waals surface area contributed by atoms with E-state index < -0.39 is 17.5 Å². The molecule has 0 aromatic heterocycles. The Hall–Kier alpha value is -3.35. The fraction of sp³-hybridized carbons (Fsp3) is 0.375. The molecule has 2 aromatic carbocycles. The van der Waals surface area contributed by atoms with E-state index in [4.69, 9.17) is 9.47 Å². The summed E-state index contributed by atoms with van der Waals surface area (Å²) in [6, 6.07) is 10.3. The van der Waals surface area contributed by atoms with Crippen LogP contribution in [-0.4, -0.2) is 42.4 Å². The van der Waals surface area contributed by atoms with E-state index in [0.29, 0.717) is 35.8 Å². The third-order valence-corrected chi connectivity index (χ3v) is 6.37. The molecule has 3 aliphatic rings. The topological polar surface area (TPSA) is 84.9 Å². The van der Waals surface area contributed by atoms with Gasteiger partial charge in [-0.25, -0.2) is 4.79 Å². The van der Waals surface area contributed by atoms with Crippen molar-refractivity contribution in [2.75, 3.05) is 19.8 Å². The Morgan fingerprint density at radius 3 is 2.55 bits per heavy atom. The number of nitrogens with zero attached hydrogens (tertiary/aromatic N) is 1. The Morgan fingerprint density at radius 2 is 1.74 bits per heavy atom. The number of rotatable bonds is 4. The number of nitrogens with one attached hydrogen (secondary N) is 1. The minimum absolute atomic E-state index is 0.247. The fourth-order valence-corrected chi connectivity index (χ4v) is 4.53. The molecule has 0 saturated carbocycles. The van der Waals surface area contributed by atoms with E-state index >= 15 is 0 Å². The van der Waals surface area contributed by atoms with Crippen LogP contribution in [0.1, 0.15) is 46.8 Å². The molecule has 2 aliphatic heterocycles. The monoisotopic (exact) mass is 420 g/mol. The molecule has 1 N–H and O–H groups in total. The normalized spacial score (nSPS) is 22.2. The lowest BCUT2D eigenvalue weighted by Gasteiger charge is -2.25. The summed E-state index contributed by atoms with van der Waals surface area (Å²) in [6.45, 7) is 2.25. The molecule has 7 heteroatoms. The minimum Gasteiger partial charge on any atom is -0.486 e. The van der Waals surface area contributed by atoms with E-state index in [1.165, 1.54) is 17.5 Å². The van der Waals surface area contributed by atoms with Crippen molar-refractivity contribution in [1.29, 1.82) is 0 Å². The van der Waals surface area contributed by atoms with Crippen LogP contribution in [0, 0.1) is 0 Å². The summed E-state index contributed by atoms with van der Waals surface area (Å²) < 4.78 is 11.1. The third kappa shape index (κ3) is 3.34. The molecule has 1 fully saturated rings. The van der Waals surface area contributed by atoms with Crippen LogP contribution < -0.4 is 14.8 Å². The summed E-state index contributed by atoms with van der Waals surface area (Å²) in [5.41, 5.74) is 2.32. The quantitative estimate of drug-likeness (QED) is 0.607. The van der Waals surface area contributed by atoms with E-state index in [9.17, 15) is 14.4 Å². The van der Waals surface area contributed by atoms with E-state index in [2.05, 4.69) is 5.32 Å². The zero-order valence-electron chi connectivity index (χ0n) is 17.4. The predicted molar refractivity (Wildman–Crippen MR) is 112 cm³/mol. The highest BCUT2D eigenvalue weighted by atomic mass is 16.6. The van der Waals surface area contributed by atoms with Crippen molar-refractivity contribution in [2.45, 2.75) is 38.1 Å². The highest BCUT2D eigenvalue weighted by molar-refractivity contribution is 6.11. The van der Waals surface area contributed by atoms with Crippen LogP contribution in [0.2, 0.25) is 0 Å². The first-order valence-corrected chi connectivity index (χ1v) is 10.6. The number of Topliss-reactive ketones (excluding diaryl/α,β-unsaturated/α-hetero) is 1. The van der Waals surface area contributed by atoms with E-state index in [-0.39, 0.29) is 12.3 Å². The van der Waals surface area contributed by atoms with Crippen LogP contribution in [0.5, 0.6) is 11.5 Å². The number of ketones is 1. The van der Waals surface area contributed by atoms with Gasteiger partial charge in [0.05, 0.1) is 6.54 Å². The molecule has 5 rings (SSSR count). The molecule has 3 amide bonds. The van der Waals surface area contributed by atoms with Crippen molar-refractivity contribution in [3.05, 3.63) is 58.7 Å². The number of hydrogen-bond acceptors (Lipinski definition) is 5. The van der Waals surface area contributed by atoms with Gasteiger partial charge >= 0.3 is 6.03 Å². The Morgan fingerprint density at radius 1 is 1.00 bits per heavy atom. The van der Waals surface area contributed by atoms with Gasteiger partial charge in [-0.3, -0.25) is 14.5 Å². The second-order valence-electron chi connectivity index (χ2n) is 8.42. The highest BCUT2D eigenvalue weighted by Crippen LogP contribution is 2.37. The van der Waals surface area contributed by atoms with Crippen molar-refractivity contribution in [3.8, 4) is 11.5 Å². The number of ether oxygens (including phenoxy) is 2. The molecule has 2 aromatic rings. The van der Waals surface area contributed by atoms with Crippen molar-refractivity contribution in [2.24, 2.45) is 0 Å². The first-order chi connectivity index (χ1) is 15.0. The SMILES string of the molecule is C[C@@]1(c2ccc3c(c2)OCCO3)NC(=O)N(CC(=O)c2ccc3c(c2)CCCC3)C1=O. The maximum Gasteiger partial charge on any atom is 0.325 e. The first kappa shape index (κ1) is 19.6. The summed E-state index contributed by atoms with van der Waals surface area (Å²) in [5, 5.41) is 2.75. The summed E-state index contributed by atoms with van der Waals surface area (Å²) in [7, 11) is 0. The Labute approximate surface area is 180 Å². The number of carbonyl (C=O) groups excluding carboxylic acids is 3. The van der Waals surface area contributed by atoms with Gasteiger partial charge in [0, 0.05) is 5.56 Å². The van der Waals surface area contributed by atoms with Gasteiger partial charge in [0.25, 0.3) is 5.91 Å². The molecule has 0 radical (unpaired) electrons. The van der Waals surface area contributed by atoms with Crippen LogP contribution in [-0.2, 0) is 23.2 Å². The smallest absolute Gasteiger partial charge is 0.325 e. The maximum absolute atomic E-state index is 13.2. The third-order valence-electron chi connectivity index (χ3n) is 6.37. The molecule has 160 valence electrons. The highest BCUT2D eigenvalue weighted by Gasteiger charge is 2.49. The van der Waals surface area contributed by atoms with Crippen LogP contribution in [0.15, 0.2) is 36.4 Å². The molecule has 1 aliphatic carbocycles. The van der Waals surface area contributed by atoms with Crippen LogP contribution in [0.3, 0.4) is 0 Å². The van der Waals surface area contributed by atoms with Gasteiger partial charge in [-0.05, 0) is 67.5 Å². The molecule has 1 saturated heterocycles. The summed E-state index contributed by atoms with van der Waals surface area (Å²) in [5.74, 6) is 0.439. The average molecular weight is 420 g/mol. The van der Waals surface area contributed by atoms with Gasteiger partial charge in [-0.2, -0.15) is 0 Å². The molecule has 1 atom stereocenters. The molecule has 2 heterocycles. The summed E-state index contributed by atoms with van der Waals surface area (Å²) in [4.78, 5) is 39.8. The van der Waals surface area contributed by atoms with Crippen molar-refractivity contribution in [1.82, 2.24) is 10.2 Å². The molecular formula is C24H24N2O5. The molecule has 31 heavy (non-hydrogen) atoms. The summed E-state index contributed by atoms with van der Waals surface area (Å²) in [6.07, 6.45) is 4.28. The number of urea groups is 1. The number of aryl methyl sites for hydroxylation is 2. The standard InChI is InChI=1S/C24H24N2O5/c1-24(18-8-9-20-21(13-18)31-11-10-30-20)22(28)26(23(29)25-24)14-19(27)17-7-6-15-4-2-3-5-16(15)12-17/h6-9,12-13H,2-5,10-11,14H2,1H3,(H,25,29)/t24-/m0/s1. The second kappa shape index (κ2) is 7.41. The van der Waals surface area contributed by atoms with Gasteiger partial charge in [0.2, 0.25) is 0 Å². The summed E-state index contributed by atoms with van der Waals surface area (Å²) >= 11 is 0. The van der Waals surface area contributed by atoms with Gasteiger partial charge in [0.15, 0.2) is 17.3 Å². The number of benzene rings is 2. The van der Waals surface area contributed by atoms with Gasteiger partial charge in [0.1, 0.15) is 18.8 Å². The molecule has 0 bridgehead atoms. The fourth-order valence-electron chi connectivity index (χ4n) is 4.53. The van der Waals surface area contributed by atoms with E-state index in [1.54, 1.807) is 31.2 Å². The lowest BCUT2D eigenvalue weighted by molar-refractivity contribution is -0.130. The molecule has 7 nitrogen and oxygen atoms in total. The molecular weight excluding hydrogens is 396 g/mol. The lowest BCUT2D eigenvalue weighted by atomic mass is 9.89. The minimum atomic E-state index is -1.27. The lowest BCUT2D eigenvalue weighted by Crippen LogP contribution is -2.41. The van der Waals surface area contributed by atoms with E-state index in [0.717, 1.165) is 24.2 Å². The van der Waals surface area contributed by atoms with Crippen molar-refractivity contribution < 1.29 is 23.9 Å². The maximum atomic E-state index is 13.2. The zero-order chi connectivity index (χ0) is 21.6. The molecule has 0 unspecified atom stereocenters. The number of amides is 3. The Balaban J connectivity index is 1.37. The first-order valence-electron chi connectivity index (χ1n) is 10.6. The zero-order valence-corrected chi connectivity index (χ0v) is 17.4. The molecule has 0 spiro atoms. The van der Waals surface area contributed by atoms with Gasteiger partial charge in [-0.1, -0.05) is 18.2 Å². The van der Waals surface area contributed by atoms with Gasteiger partial charge in [-0.15, -0.1) is 0 Å². The predicted octanol–water partition coefficient (Wildman–Crippen LogP) is 2.99. The van der Waals surface area contributed by atoms with Crippen LogP contribution in [0.25, 0.3) is 0 Å². The number of hydrogen-bond donors (Lipinski definition) is 1. The van der Waals surface area contributed by atoms with Crippen molar-refractivity contribution in [3.63, 3.8) is 0 Å². The van der Waals surface area contributed by atoms with E-state index in [1.807, 2.05) is 12.1 Å². The number of imide groups is 1. The van der Waals surface area contributed by atoms with Crippen molar-refractivity contribution >= 4 is 17.7 Å². The average Bonchev–Trinajstić information content (AvgIpc) is 3.02. The van der Waals surface area contributed by atoms with Crippen LogP contribution >= 0.6 is 0 Å². The number of carbonyl (C=O) groups is 3. The Kier molecular flexibility index (Phi) is 4.68. The Bertz CT molecular complexity index is 1100. The largest absolute Gasteiger partial charge is 0.486 e. The van der Waals surface area contributed by atoms with Crippen LogP contribution in [0.4, 0.5) is 4.79 Å². The van der Waals surface area contributed by atoms with Gasteiger partial charge < -0.3 is 14.8 Å². The second-order valence-corrected chi connectivity index (χ2v) is 8.42. The number of fused-ring (bicyclic) bond motifs is 2.